The standard InChI is InChI=1S/C17H18N2O3/c1-3-22-17(20)16-15(12-5-4-10-18-11-12)19(16)13-6-8-14(21-2)9-7-13/h4-11,15-16H,3H2,1-2H3/t15-,16-,19?/m1/s1. The van der Waals surface area contributed by atoms with Crippen LogP contribution in [-0.2, 0) is 9.53 Å². The number of benzene rings is 1. The van der Waals surface area contributed by atoms with Gasteiger partial charge in [-0.2, -0.15) is 0 Å². The van der Waals surface area contributed by atoms with E-state index in [1.807, 2.05) is 48.2 Å². The van der Waals surface area contributed by atoms with Crippen molar-refractivity contribution >= 4 is 11.7 Å². The largest absolute Gasteiger partial charge is 0.497 e. The Hall–Kier alpha value is -2.56. The maximum absolute atomic E-state index is 12.2. The van der Waals surface area contributed by atoms with E-state index in [0.717, 1.165) is 17.0 Å². The predicted octanol–water partition coefficient (Wildman–Crippen LogP) is 2.58. The number of hydrogen-bond acceptors (Lipinski definition) is 5. The van der Waals surface area contributed by atoms with Crippen molar-refractivity contribution in [3.63, 3.8) is 0 Å². The minimum atomic E-state index is -0.294. The molecule has 0 radical (unpaired) electrons. The molecule has 1 aliphatic rings. The third-order valence-electron chi connectivity index (χ3n) is 3.73. The van der Waals surface area contributed by atoms with Gasteiger partial charge < -0.3 is 14.4 Å². The molecule has 1 aromatic carbocycles. The molecule has 1 aromatic heterocycles. The van der Waals surface area contributed by atoms with Crippen molar-refractivity contribution in [1.82, 2.24) is 4.98 Å². The molecule has 114 valence electrons. The first-order chi connectivity index (χ1) is 10.8. The van der Waals surface area contributed by atoms with Gasteiger partial charge in [0.05, 0.1) is 19.8 Å². The highest BCUT2D eigenvalue weighted by molar-refractivity contribution is 5.88. The molecule has 0 aliphatic carbocycles. The summed E-state index contributed by atoms with van der Waals surface area (Å²) in [5, 5.41) is 0. The summed E-state index contributed by atoms with van der Waals surface area (Å²) in [6, 6.07) is 11.2. The van der Waals surface area contributed by atoms with Gasteiger partial charge in [0.2, 0.25) is 0 Å². The Labute approximate surface area is 129 Å². The number of pyridine rings is 1. The number of aromatic nitrogens is 1. The van der Waals surface area contributed by atoms with Crippen LogP contribution in [0.5, 0.6) is 5.75 Å². The third-order valence-corrected chi connectivity index (χ3v) is 3.73. The van der Waals surface area contributed by atoms with E-state index in [1.54, 1.807) is 19.5 Å². The van der Waals surface area contributed by atoms with Crippen molar-refractivity contribution in [3.8, 4) is 5.75 Å². The highest BCUT2D eigenvalue weighted by atomic mass is 16.5. The van der Waals surface area contributed by atoms with Crippen LogP contribution in [0.4, 0.5) is 5.69 Å². The molecule has 2 heterocycles. The summed E-state index contributed by atoms with van der Waals surface area (Å²) in [5.74, 6) is 0.586. The highest BCUT2D eigenvalue weighted by Gasteiger charge is 2.54. The number of carbonyl (C=O) groups excluding carboxylic acids is 1. The lowest BCUT2D eigenvalue weighted by atomic mass is 10.1. The molecule has 5 heteroatoms. The van der Waals surface area contributed by atoms with Crippen LogP contribution in [-0.4, -0.2) is 30.7 Å². The molecule has 0 saturated carbocycles. The van der Waals surface area contributed by atoms with Crippen LogP contribution < -0.4 is 9.64 Å². The molecule has 1 aliphatic heterocycles. The topological polar surface area (TPSA) is 51.4 Å². The van der Waals surface area contributed by atoms with Gasteiger partial charge in [0.1, 0.15) is 5.75 Å². The summed E-state index contributed by atoms with van der Waals surface area (Å²) in [7, 11) is 1.63. The average Bonchev–Trinajstić information content (AvgIpc) is 3.32. The van der Waals surface area contributed by atoms with Crippen LogP contribution in [0.3, 0.4) is 0 Å². The fourth-order valence-corrected chi connectivity index (χ4v) is 2.67. The summed E-state index contributed by atoms with van der Waals surface area (Å²) in [6.07, 6.45) is 3.52. The molecule has 0 unspecified atom stereocenters. The Balaban J connectivity index is 1.88. The van der Waals surface area contributed by atoms with Gasteiger partial charge in [0.15, 0.2) is 6.04 Å². The summed E-state index contributed by atoms with van der Waals surface area (Å²) in [4.78, 5) is 18.4. The van der Waals surface area contributed by atoms with E-state index < -0.39 is 0 Å². The number of ether oxygens (including phenoxy) is 2. The molecule has 3 rings (SSSR count). The van der Waals surface area contributed by atoms with Crippen molar-refractivity contribution in [2.75, 3.05) is 18.6 Å². The summed E-state index contributed by atoms with van der Waals surface area (Å²) in [5.41, 5.74) is 1.98. The number of rotatable bonds is 5. The third kappa shape index (κ3) is 2.62. The molecule has 2 aromatic rings. The second kappa shape index (κ2) is 6.05. The fraction of sp³-hybridized carbons (Fsp3) is 0.294. The van der Waals surface area contributed by atoms with Gasteiger partial charge in [-0.3, -0.25) is 4.98 Å². The molecule has 1 fully saturated rings. The van der Waals surface area contributed by atoms with E-state index in [1.165, 1.54) is 0 Å². The number of anilines is 1. The number of nitrogens with zero attached hydrogens (tertiary/aromatic N) is 2. The first-order valence-corrected chi connectivity index (χ1v) is 7.25. The zero-order valence-electron chi connectivity index (χ0n) is 12.6. The van der Waals surface area contributed by atoms with E-state index >= 15 is 0 Å². The zero-order valence-corrected chi connectivity index (χ0v) is 12.6. The van der Waals surface area contributed by atoms with Gasteiger partial charge >= 0.3 is 5.97 Å². The predicted molar refractivity (Wildman–Crippen MR) is 82.9 cm³/mol. The quantitative estimate of drug-likeness (QED) is 0.627. The smallest absolute Gasteiger partial charge is 0.331 e. The number of hydrogen-bond donors (Lipinski definition) is 0. The van der Waals surface area contributed by atoms with Crippen molar-refractivity contribution in [2.24, 2.45) is 0 Å². The summed E-state index contributed by atoms with van der Waals surface area (Å²) in [6.45, 7) is 2.20. The summed E-state index contributed by atoms with van der Waals surface area (Å²) >= 11 is 0. The van der Waals surface area contributed by atoms with Crippen LogP contribution in [0, 0.1) is 0 Å². The van der Waals surface area contributed by atoms with Gasteiger partial charge in [0, 0.05) is 18.1 Å². The number of methoxy groups -OCH3 is 1. The lowest BCUT2D eigenvalue weighted by Crippen LogP contribution is -2.15. The minimum absolute atomic E-state index is 0.0267. The van der Waals surface area contributed by atoms with E-state index in [-0.39, 0.29) is 18.1 Å². The summed E-state index contributed by atoms with van der Waals surface area (Å²) < 4.78 is 10.4. The van der Waals surface area contributed by atoms with Gasteiger partial charge in [-0.25, -0.2) is 4.79 Å². The molecule has 0 spiro atoms. The normalized spacial score (nSPS) is 19.6. The number of carbonyl (C=O) groups is 1. The Morgan fingerprint density at radius 2 is 2.05 bits per heavy atom. The van der Waals surface area contributed by atoms with Gasteiger partial charge in [-0.05, 0) is 42.8 Å². The second-order valence-corrected chi connectivity index (χ2v) is 5.03. The molecule has 5 nitrogen and oxygen atoms in total. The van der Waals surface area contributed by atoms with Crippen molar-refractivity contribution in [3.05, 3.63) is 54.4 Å². The molecule has 2 atom stereocenters. The van der Waals surface area contributed by atoms with Crippen LogP contribution in [0.1, 0.15) is 18.5 Å². The van der Waals surface area contributed by atoms with Gasteiger partial charge in [-0.1, -0.05) is 6.07 Å². The van der Waals surface area contributed by atoms with E-state index in [4.69, 9.17) is 9.47 Å². The van der Waals surface area contributed by atoms with Gasteiger partial charge in [0.25, 0.3) is 0 Å². The van der Waals surface area contributed by atoms with Crippen LogP contribution >= 0.6 is 0 Å². The Bertz CT molecular complexity index is 643. The Kier molecular flexibility index (Phi) is 3.96. The van der Waals surface area contributed by atoms with Crippen LogP contribution in [0.15, 0.2) is 48.8 Å². The SMILES string of the molecule is CCOC(=O)[C@H]1[C@@H](c2cccnc2)N1c1ccc(OC)cc1. The molecule has 1 saturated heterocycles. The average molecular weight is 298 g/mol. The lowest BCUT2D eigenvalue weighted by Gasteiger charge is -2.07. The molecule has 0 amide bonds. The highest BCUT2D eigenvalue weighted by Crippen LogP contribution is 2.47. The van der Waals surface area contributed by atoms with Crippen molar-refractivity contribution in [2.45, 2.75) is 19.0 Å². The lowest BCUT2D eigenvalue weighted by molar-refractivity contribution is -0.142. The van der Waals surface area contributed by atoms with Crippen LogP contribution in [0.2, 0.25) is 0 Å². The minimum Gasteiger partial charge on any atom is -0.497 e. The number of esters is 1. The molecular formula is C17H18N2O3. The Morgan fingerprint density at radius 3 is 2.64 bits per heavy atom. The fourth-order valence-electron chi connectivity index (χ4n) is 2.67. The molecular weight excluding hydrogens is 280 g/mol. The second-order valence-electron chi connectivity index (χ2n) is 5.03. The van der Waals surface area contributed by atoms with Crippen LogP contribution in [0.25, 0.3) is 0 Å². The Morgan fingerprint density at radius 1 is 1.27 bits per heavy atom. The van der Waals surface area contributed by atoms with Gasteiger partial charge in [-0.15, -0.1) is 0 Å². The first kappa shape index (κ1) is 14.4. The maximum Gasteiger partial charge on any atom is 0.331 e. The molecule has 0 N–H and O–H groups in total. The monoisotopic (exact) mass is 298 g/mol. The molecule has 22 heavy (non-hydrogen) atoms. The maximum atomic E-state index is 12.2. The van der Waals surface area contributed by atoms with E-state index in [2.05, 4.69) is 4.98 Å². The van der Waals surface area contributed by atoms with E-state index in [9.17, 15) is 4.79 Å². The first-order valence-electron chi connectivity index (χ1n) is 7.25. The zero-order chi connectivity index (χ0) is 15.5. The van der Waals surface area contributed by atoms with E-state index in [0.29, 0.717) is 6.61 Å². The molecule has 0 bridgehead atoms. The van der Waals surface area contributed by atoms with Crippen molar-refractivity contribution < 1.29 is 14.3 Å². The van der Waals surface area contributed by atoms with Crippen molar-refractivity contribution in [1.29, 1.82) is 0 Å².